The second-order valence-electron chi connectivity index (χ2n) is 9.40. The average Bonchev–Trinajstić information content (AvgIpc) is 3.35. The molecular weight excluding hydrogens is 452 g/mol. The largest absolute Gasteiger partial charge is 0.330 e. The van der Waals surface area contributed by atoms with Gasteiger partial charge in [0.05, 0.1) is 17.0 Å². The number of nitrogens with zero attached hydrogens (tertiary/aromatic N) is 3. The summed E-state index contributed by atoms with van der Waals surface area (Å²) in [7, 11) is 1.59. The predicted molar refractivity (Wildman–Crippen MR) is 130 cm³/mol. The number of likely N-dealkylation sites (N-methyl/N-ethyl adjacent to an activating group) is 1. The molecule has 0 aliphatic carbocycles. The van der Waals surface area contributed by atoms with Crippen LogP contribution in [0.5, 0.6) is 0 Å². The minimum Gasteiger partial charge on any atom is -0.330 e. The van der Waals surface area contributed by atoms with E-state index in [4.69, 9.17) is 18.2 Å². The zero-order valence-electron chi connectivity index (χ0n) is 19.4. The van der Waals surface area contributed by atoms with Gasteiger partial charge in [0.15, 0.2) is 0 Å². The molecule has 1 N–H and O–H groups in total. The van der Waals surface area contributed by atoms with E-state index in [1.807, 2.05) is 38.1 Å². The normalized spacial score (nSPS) is 21.8. The van der Waals surface area contributed by atoms with Crippen LogP contribution in [-0.2, 0) is 15.0 Å². The van der Waals surface area contributed by atoms with Crippen LogP contribution < -0.4 is 5.32 Å². The lowest BCUT2D eigenvalue weighted by Gasteiger charge is -2.32. The Morgan fingerprint density at radius 2 is 1.91 bits per heavy atom. The van der Waals surface area contributed by atoms with Crippen molar-refractivity contribution in [1.29, 1.82) is 0 Å². The van der Waals surface area contributed by atoms with Gasteiger partial charge in [0.2, 0.25) is 5.91 Å². The van der Waals surface area contributed by atoms with Crippen molar-refractivity contribution in [2.45, 2.75) is 44.3 Å². The monoisotopic (exact) mass is 478 g/mol. The highest BCUT2D eigenvalue weighted by atomic mass is 35.5. The summed E-state index contributed by atoms with van der Waals surface area (Å²) in [5.74, 6) is -0.763. The third-order valence-electron chi connectivity index (χ3n) is 6.76. The Hall–Kier alpha value is -3.37. The molecule has 34 heavy (non-hydrogen) atoms. The van der Waals surface area contributed by atoms with Crippen LogP contribution in [0.2, 0.25) is 5.02 Å². The zero-order chi connectivity index (χ0) is 24.6. The number of likely N-dealkylation sites (tertiary alicyclic amines) is 1. The summed E-state index contributed by atoms with van der Waals surface area (Å²) in [6.07, 6.45) is -0.146. The Kier molecular flexibility index (Phi) is 6.37. The average molecular weight is 479 g/mol. The summed E-state index contributed by atoms with van der Waals surface area (Å²) in [5.41, 5.74) is 0.881. The van der Waals surface area contributed by atoms with E-state index in [2.05, 4.69) is 10.2 Å². The highest BCUT2D eigenvalue weighted by molar-refractivity contribution is 6.33. The van der Waals surface area contributed by atoms with Gasteiger partial charge in [0.1, 0.15) is 11.5 Å². The SMILES string of the molecule is [C-]#[N+][C@@H]1C[C@@]2(CN1C(=O)[C@H](CC(C)C)N(C)C(=O)c1ccccc1Cl)C(=O)Nc1ccccc12. The van der Waals surface area contributed by atoms with Gasteiger partial charge in [-0.15, -0.1) is 0 Å². The van der Waals surface area contributed by atoms with Gasteiger partial charge in [-0.05, 0) is 36.1 Å². The highest BCUT2D eigenvalue weighted by Gasteiger charge is 2.59. The van der Waals surface area contributed by atoms with E-state index in [9.17, 15) is 14.4 Å². The molecule has 3 atom stereocenters. The van der Waals surface area contributed by atoms with Crippen molar-refractivity contribution in [2.24, 2.45) is 5.92 Å². The van der Waals surface area contributed by atoms with Crippen molar-refractivity contribution in [3.05, 3.63) is 76.1 Å². The number of rotatable bonds is 5. The number of hydrogen-bond acceptors (Lipinski definition) is 3. The molecule has 1 saturated heterocycles. The number of para-hydroxylation sites is 1. The summed E-state index contributed by atoms with van der Waals surface area (Å²) in [4.78, 5) is 46.8. The Morgan fingerprint density at radius 3 is 2.59 bits per heavy atom. The molecule has 2 aliphatic rings. The third-order valence-corrected chi connectivity index (χ3v) is 7.09. The van der Waals surface area contributed by atoms with Crippen molar-refractivity contribution in [1.82, 2.24) is 9.80 Å². The number of nitrogens with one attached hydrogen (secondary N) is 1. The van der Waals surface area contributed by atoms with Gasteiger partial charge < -0.3 is 10.2 Å². The van der Waals surface area contributed by atoms with Crippen LogP contribution in [0, 0.1) is 12.5 Å². The van der Waals surface area contributed by atoms with Crippen molar-refractivity contribution in [3.63, 3.8) is 0 Å². The Morgan fingerprint density at radius 1 is 1.24 bits per heavy atom. The first-order valence-corrected chi connectivity index (χ1v) is 11.7. The molecule has 4 rings (SSSR count). The molecule has 0 radical (unpaired) electrons. The van der Waals surface area contributed by atoms with Gasteiger partial charge >= 0.3 is 6.17 Å². The molecule has 2 aliphatic heterocycles. The maximum Gasteiger partial charge on any atom is 0.302 e. The minimum atomic E-state index is -0.963. The third kappa shape index (κ3) is 3.92. The Balaban J connectivity index is 1.67. The highest BCUT2D eigenvalue weighted by Crippen LogP contribution is 2.47. The van der Waals surface area contributed by atoms with Gasteiger partial charge in [0.25, 0.3) is 11.8 Å². The maximum absolute atomic E-state index is 13.9. The molecular formula is C26H27ClN4O3. The van der Waals surface area contributed by atoms with E-state index in [0.29, 0.717) is 17.0 Å². The minimum absolute atomic E-state index is 0.102. The summed E-state index contributed by atoms with van der Waals surface area (Å²) in [6.45, 7) is 11.8. The van der Waals surface area contributed by atoms with E-state index in [1.165, 1.54) is 9.80 Å². The standard InChI is InChI=1S/C26H27ClN4O3/c1-16(2)13-21(30(4)23(32)17-9-5-7-11-19(17)27)24(33)31-15-26(14-22(31)28-3)18-10-6-8-12-20(18)29-25(26)34/h5-12,16,21-22H,13-15H2,1-2,4H3,(H,29,34)/t21-,22-,26-/m0/s1. The topological polar surface area (TPSA) is 74.1 Å². The molecule has 176 valence electrons. The summed E-state index contributed by atoms with van der Waals surface area (Å²) in [5, 5.41) is 3.22. The van der Waals surface area contributed by atoms with Crippen LogP contribution in [0.4, 0.5) is 5.69 Å². The fraction of sp³-hybridized carbons (Fsp3) is 0.385. The summed E-state index contributed by atoms with van der Waals surface area (Å²) in [6, 6.07) is 13.3. The van der Waals surface area contributed by atoms with Gasteiger partial charge in [-0.3, -0.25) is 24.1 Å². The van der Waals surface area contributed by atoms with Gasteiger partial charge in [-0.25, -0.2) is 6.57 Å². The van der Waals surface area contributed by atoms with Crippen LogP contribution >= 0.6 is 11.6 Å². The van der Waals surface area contributed by atoms with Crippen LogP contribution in [-0.4, -0.2) is 53.3 Å². The lowest BCUT2D eigenvalue weighted by molar-refractivity contribution is -0.136. The molecule has 0 saturated carbocycles. The van der Waals surface area contributed by atoms with Gasteiger partial charge in [-0.1, -0.05) is 55.8 Å². The van der Waals surface area contributed by atoms with Crippen molar-refractivity contribution in [3.8, 4) is 0 Å². The smallest absolute Gasteiger partial charge is 0.302 e. The zero-order valence-corrected chi connectivity index (χ0v) is 20.2. The quantitative estimate of drug-likeness (QED) is 0.655. The summed E-state index contributed by atoms with van der Waals surface area (Å²) >= 11 is 6.24. The van der Waals surface area contributed by atoms with Crippen molar-refractivity contribution >= 4 is 35.0 Å². The lowest BCUT2D eigenvalue weighted by atomic mass is 9.80. The number of fused-ring (bicyclic) bond motifs is 2. The van der Waals surface area contributed by atoms with Crippen LogP contribution in [0.25, 0.3) is 4.85 Å². The lowest BCUT2D eigenvalue weighted by Crippen LogP contribution is -2.51. The van der Waals surface area contributed by atoms with E-state index in [0.717, 1.165) is 11.3 Å². The fourth-order valence-electron chi connectivity index (χ4n) is 4.98. The van der Waals surface area contributed by atoms with Gasteiger partial charge in [-0.2, -0.15) is 0 Å². The first kappa shape index (κ1) is 23.8. The van der Waals surface area contributed by atoms with E-state index in [-0.39, 0.29) is 36.6 Å². The number of hydrogen-bond donors (Lipinski definition) is 1. The number of halogens is 1. The van der Waals surface area contributed by atoms with Crippen molar-refractivity contribution in [2.75, 3.05) is 18.9 Å². The number of benzene rings is 2. The second-order valence-corrected chi connectivity index (χ2v) is 9.81. The first-order valence-electron chi connectivity index (χ1n) is 11.3. The molecule has 1 fully saturated rings. The number of carbonyl (C=O) groups is 3. The van der Waals surface area contributed by atoms with Gasteiger partial charge in [0, 0.05) is 19.3 Å². The maximum atomic E-state index is 13.9. The number of amides is 3. The second kappa shape index (κ2) is 9.11. The molecule has 2 heterocycles. The van der Waals surface area contributed by atoms with Crippen LogP contribution in [0.15, 0.2) is 48.5 Å². The van der Waals surface area contributed by atoms with E-state index >= 15 is 0 Å². The van der Waals surface area contributed by atoms with Crippen LogP contribution in [0.3, 0.4) is 0 Å². The molecule has 2 aromatic carbocycles. The number of carbonyl (C=O) groups excluding carboxylic acids is 3. The molecule has 7 nitrogen and oxygen atoms in total. The molecule has 3 amide bonds. The van der Waals surface area contributed by atoms with Crippen LogP contribution in [0.1, 0.15) is 42.6 Å². The molecule has 1 spiro atoms. The molecule has 2 aromatic rings. The Labute approximate surface area is 204 Å². The fourth-order valence-corrected chi connectivity index (χ4v) is 5.20. The molecule has 0 bridgehead atoms. The molecule has 0 unspecified atom stereocenters. The Bertz CT molecular complexity index is 1190. The summed E-state index contributed by atoms with van der Waals surface area (Å²) < 4.78 is 0. The van der Waals surface area contributed by atoms with E-state index in [1.54, 1.807) is 31.3 Å². The predicted octanol–water partition coefficient (Wildman–Crippen LogP) is 4.19. The first-order chi connectivity index (χ1) is 16.2. The molecule has 0 aromatic heterocycles. The molecule has 8 heteroatoms. The van der Waals surface area contributed by atoms with E-state index < -0.39 is 17.6 Å². The number of anilines is 1. The van der Waals surface area contributed by atoms with Crippen molar-refractivity contribution < 1.29 is 14.4 Å².